The second-order valence-electron chi connectivity index (χ2n) is 6.54. The normalized spacial score (nSPS) is 12.8. The highest BCUT2D eigenvalue weighted by molar-refractivity contribution is 7.92. The maximum atomic E-state index is 13.0. The molecule has 2 aromatic carbocycles. The SMILES string of the molecule is CC(C)OCc1cccc(CNC(=O)C(C)S(=O)(=O)c2ccc(F)cc2)c1. The fourth-order valence-electron chi connectivity index (χ4n) is 2.39. The van der Waals surface area contributed by atoms with Crippen LogP contribution in [-0.2, 0) is 32.5 Å². The minimum atomic E-state index is -3.88. The van der Waals surface area contributed by atoms with Gasteiger partial charge in [0.15, 0.2) is 9.84 Å². The van der Waals surface area contributed by atoms with Crippen LogP contribution in [0.2, 0.25) is 0 Å². The zero-order chi connectivity index (χ0) is 20.0. The van der Waals surface area contributed by atoms with Crippen molar-refractivity contribution < 1.29 is 22.3 Å². The predicted molar refractivity (Wildman–Crippen MR) is 101 cm³/mol. The van der Waals surface area contributed by atoms with E-state index in [1.807, 2.05) is 38.1 Å². The first-order chi connectivity index (χ1) is 12.7. The second-order valence-corrected chi connectivity index (χ2v) is 8.81. The molecule has 146 valence electrons. The molecule has 0 radical (unpaired) electrons. The van der Waals surface area contributed by atoms with Gasteiger partial charge in [0.1, 0.15) is 11.1 Å². The number of hydrogen-bond acceptors (Lipinski definition) is 4. The average molecular weight is 393 g/mol. The van der Waals surface area contributed by atoms with Crippen LogP contribution in [0.4, 0.5) is 4.39 Å². The third-order valence-electron chi connectivity index (χ3n) is 4.02. The van der Waals surface area contributed by atoms with E-state index in [1.165, 1.54) is 6.92 Å². The summed E-state index contributed by atoms with van der Waals surface area (Å²) in [6.07, 6.45) is 0.117. The molecule has 0 heterocycles. The Morgan fingerprint density at radius 3 is 2.33 bits per heavy atom. The summed E-state index contributed by atoms with van der Waals surface area (Å²) in [7, 11) is -3.88. The number of carbonyl (C=O) groups is 1. The molecule has 0 saturated carbocycles. The summed E-state index contributed by atoms with van der Waals surface area (Å²) >= 11 is 0. The summed E-state index contributed by atoms with van der Waals surface area (Å²) < 4.78 is 43.5. The lowest BCUT2D eigenvalue weighted by molar-refractivity contribution is -0.120. The van der Waals surface area contributed by atoms with Crippen LogP contribution in [0.5, 0.6) is 0 Å². The number of hydrogen-bond donors (Lipinski definition) is 1. The first kappa shape index (κ1) is 21.1. The molecule has 0 aliphatic heterocycles. The van der Waals surface area contributed by atoms with Crippen LogP contribution >= 0.6 is 0 Å². The van der Waals surface area contributed by atoms with Gasteiger partial charge >= 0.3 is 0 Å². The van der Waals surface area contributed by atoms with Gasteiger partial charge in [-0.05, 0) is 56.2 Å². The Bertz CT molecular complexity index is 879. The molecular weight excluding hydrogens is 369 g/mol. The van der Waals surface area contributed by atoms with Gasteiger partial charge in [-0.3, -0.25) is 4.79 Å². The van der Waals surface area contributed by atoms with Gasteiger partial charge in [-0.15, -0.1) is 0 Å². The van der Waals surface area contributed by atoms with E-state index in [0.29, 0.717) is 6.61 Å². The molecule has 1 atom stereocenters. The van der Waals surface area contributed by atoms with E-state index in [9.17, 15) is 17.6 Å². The second kappa shape index (κ2) is 9.10. The number of nitrogens with one attached hydrogen (secondary N) is 1. The first-order valence-corrected chi connectivity index (χ1v) is 10.2. The fraction of sp³-hybridized carbons (Fsp3) is 0.350. The molecule has 5 nitrogen and oxygen atoms in total. The Morgan fingerprint density at radius 1 is 1.07 bits per heavy atom. The lowest BCUT2D eigenvalue weighted by atomic mass is 10.1. The number of halogens is 1. The number of ether oxygens (including phenoxy) is 1. The minimum Gasteiger partial charge on any atom is -0.374 e. The van der Waals surface area contributed by atoms with E-state index in [2.05, 4.69) is 5.32 Å². The molecule has 0 fully saturated rings. The number of amides is 1. The van der Waals surface area contributed by atoms with E-state index in [4.69, 9.17) is 4.74 Å². The third kappa shape index (κ3) is 5.87. The Balaban J connectivity index is 2.00. The molecule has 0 spiro atoms. The molecule has 2 aromatic rings. The third-order valence-corrected chi connectivity index (χ3v) is 6.09. The van der Waals surface area contributed by atoms with Crippen molar-refractivity contribution in [1.82, 2.24) is 5.32 Å². The molecular formula is C20H24FNO4S. The van der Waals surface area contributed by atoms with Gasteiger partial charge in [0.2, 0.25) is 5.91 Å². The number of sulfone groups is 1. The van der Waals surface area contributed by atoms with Gasteiger partial charge in [0.05, 0.1) is 17.6 Å². The molecule has 1 amide bonds. The van der Waals surface area contributed by atoms with E-state index in [1.54, 1.807) is 0 Å². The molecule has 2 rings (SSSR count). The lowest BCUT2D eigenvalue weighted by Crippen LogP contribution is -2.37. The number of benzene rings is 2. The van der Waals surface area contributed by atoms with Crippen LogP contribution in [0, 0.1) is 5.82 Å². The Hall–Kier alpha value is -2.25. The summed E-state index contributed by atoms with van der Waals surface area (Å²) in [4.78, 5) is 12.2. The molecule has 0 bridgehead atoms. The molecule has 0 saturated heterocycles. The summed E-state index contributed by atoms with van der Waals surface area (Å²) in [6.45, 7) is 5.90. The molecule has 0 aliphatic carbocycles. The molecule has 27 heavy (non-hydrogen) atoms. The largest absolute Gasteiger partial charge is 0.374 e. The summed E-state index contributed by atoms with van der Waals surface area (Å²) in [5, 5.41) is 1.36. The van der Waals surface area contributed by atoms with Gasteiger partial charge in [0.25, 0.3) is 0 Å². The molecule has 1 unspecified atom stereocenters. The van der Waals surface area contributed by atoms with Crippen molar-refractivity contribution in [3.8, 4) is 0 Å². The Kier molecular flexibility index (Phi) is 7.10. The van der Waals surface area contributed by atoms with Gasteiger partial charge in [-0.1, -0.05) is 24.3 Å². The topological polar surface area (TPSA) is 72.5 Å². The minimum absolute atomic E-state index is 0.0839. The average Bonchev–Trinajstić information content (AvgIpc) is 2.64. The lowest BCUT2D eigenvalue weighted by Gasteiger charge is -2.14. The Labute approximate surface area is 159 Å². The van der Waals surface area contributed by atoms with Gasteiger partial charge in [-0.2, -0.15) is 0 Å². The molecule has 0 aromatic heterocycles. The molecule has 7 heteroatoms. The van der Waals surface area contributed by atoms with E-state index < -0.39 is 26.8 Å². The van der Waals surface area contributed by atoms with Gasteiger partial charge in [-0.25, -0.2) is 12.8 Å². The first-order valence-electron chi connectivity index (χ1n) is 8.66. The molecule has 0 aliphatic rings. The van der Waals surface area contributed by atoms with Crippen LogP contribution in [0.15, 0.2) is 53.4 Å². The highest BCUT2D eigenvalue weighted by Crippen LogP contribution is 2.17. The van der Waals surface area contributed by atoms with Crippen LogP contribution in [0.3, 0.4) is 0 Å². The van der Waals surface area contributed by atoms with E-state index in [0.717, 1.165) is 35.4 Å². The van der Waals surface area contributed by atoms with Crippen molar-refractivity contribution in [3.63, 3.8) is 0 Å². The maximum Gasteiger partial charge on any atom is 0.238 e. The van der Waals surface area contributed by atoms with Crippen molar-refractivity contribution in [2.24, 2.45) is 0 Å². The van der Waals surface area contributed by atoms with Crippen molar-refractivity contribution >= 4 is 15.7 Å². The molecule has 1 N–H and O–H groups in total. The van der Waals surface area contributed by atoms with Gasteiger partial charge in [0, 0.05) is 6.54 Å². The fourth-order valence-corrected chi connectivity index (χ4v) is 3.68. The zero-order valence-electron chi connectivity index (χ0n) is 15.6. The van der Waals surface area contributed by atoms with E-state index in [-0.39, 0.29) is 17.5 Å². The van der Waals surface area contributed by atoms with Gasteiger partial charge < -0.3 is 10.1 Å². The summed E-state index contributed by atoms with van der Waals surface area (Å²) in [6, 6.07) is 12.0. The standard InChI is InChI=1S/C20H24FNO4S/c1-14(2)26-13-17-6-4-5-16(11-17)12-22-20(23)15(3)27(24,25)19-9-7-18(21)8-10-19/h4-11,14-15H,12-13H2,1-3H3,(H,22,23). The smallest absolute Gasteiger partial charge is 0.238 e. The van der Waals surface area contributed by atoms with Crippen LogP contribution in [0.1, 0.15) is 31.9 Å². The van der Waals surface area contributed by atoms with E-state index >= 15 is 0 Å². The maximum absolute atomic E-state index is 13.0. The van der Waals surface area contributed by atoms with Crippen LogP contribution < -0.4 is 5.32 Å². The number of rotatable bonds is 8. The van der Waals surface area contributed by atoms with Crippen molar-refractivity contribution in [1.29, 1.82) is 0 Å². The summed E-state index contributed by atoms with van der Waals surface area (Å²) in [5.74, 6) is -1.14. The van der Waals surface area contributed by atoms with Crippen LogP contribution in [0.25, 0.3) is 0 Å². The Morgan fingerprint density at radius 2 is 1.70 bits per heavy atom. The van der Waals surface area contributed by atoms with Crippen molar-refractivity contribution in [2.75, 3.05) is 0 Å². The van der Waals surface area contributed by atoms with Crippen molar-refractivity contribution in [2.45, 2.75) is 50.2 Å². The highest BCUT2D eigenvalue weighted by Gasteiger charge is 2.29. The quantitative estimate of drug-likeness (QED) is 0.699. The zero-order valence-corrected chi connectivity index (χ0v) is 16.4. The monoisotopic (exact) mass is 393 g/mol. The van der Waals surface area contributed by atoms with Crippen molar-refractivity contribution in [3.05, 3.63) is 65.5 Å². The number of carbonyl (C=O) groups excluding carboxylic acids is 1. The predicted octanol–water partition coefficient (Wildman–Crippen LogP) is 3.23. The highest BCUT2D eigenvalue weighted by atomic mass is 32.2. The summed E-state index contributed by atoms with van der Waals surface area (Å²) in [5.41, 5.74) is 1.82. The van der Waals surface area contributed by atoms with Crippen LogP contribution in [-0.4, -0.2) is 25.7 Å².